The van der Waals surface area contributed by atoms with Gasteiger partial charge in [0.2, 0.25) is 0 Å². The molecule has 0 spiro atoms. The van der Waals surface area contributed by atoms with Gasteiger partial charge in [-0.1, -0.05) is 56.3 Å². The fourth-order valence-electron chi connectivity index (χ4n) is 2.35. The predicted molar refractivity (Wildman–Crippen MR) is 98.1 cm³/mol. The zero-order valence-electron chi connectivity index (χ0n) is 14.5. The minimum absolute atomic E-state index is 0.0524. The number of carbonyl (C=O) groups is 1. The van der Waals surface area contributed by atoms with Crippen LogP contribution in [-0.2, 0) is 4.79 Å². The van der Waals surface area contributed by atoms with Crippen molar-refractivity contribution in [2.45, 2.75) is 27.2 Å². The van der Waals surface area contributed by atoms with Crippen LogP contribution in [0, 0.1) is 5.92 Å². The van der Waals surface area contributed by atoms with Gasteiger partial charge in [0.1, 0.15) is 5.75 Å². The molecule has 0 atom stereocenters. The number of hydrogen-bond donors (Lipinski definition) is 1. The monoisotopic (exact) mass is 324 g/mol. The lowest BCUT2D eigenvalue weighted by Crippen LogP contribution is -2.25. The highest BCUT2D eigenvalue weighted by molar-refractivity contribution is 5.84. The number of amides is 1. The first-order valence-corrected chi connectivity index (χ1v) is 8.15. The molecule has 0 saturated carbocycles. The highest BCUT2D eigenvalue weighted by Crippen LogP contribution is 2.21. The highest BCUT2D eigenvalue weighted by atomic mass is 16.5. The molecule has 126 valence electrons. The molecule has 0 saturated heterocycles. The average Bonchev–Trinajstić information content (AvgIpc) is 2.59. The summed E-state index contributed by atoms with van der Waals surface area (Å²) in [6.45, 7) is 6.08. The Morgan fingerprint density at radius 1 is 1.04 bits per heavy atom. The smallest absolute Gasteiger partial charge is 0.277 e. The zero-order valence-corrected chi connectivity index (χ0v) is 14.5. The van der Waals surface area contributed by atoms with Gasteiger partial charge in [0, 0.05) is 5.71 Å². The van der Waals surface area contributed by atoms with Crippen LogP contribution >= 0.6 is 0 Å². The lowest BCUT2D eigenvalue weighted by molar-refractivity contribution is -0.123. The van der Waals surface area contributed by atoms with Crippen molar-refractivity contribution >= 4 is 11.6 Å². The molecule has 0 unspecified atom stereocenters. The Morgan fingerprint density at radius 2 is 1.67 bits per heavy atom. The number of rotatable bonds is 7. The van der Waals surface area contributed by atoms with E-state index in [-0.39, 0.29) is 12.5 Å². The fraction of sp³-hybridized carbons (Fsp3) is 0.300. The molecular formula is C20H24N2O2. The van der Waals surface area contributed by atoms with Crippen LogP contribution in [0.1, 0.15) is 27.2 Å². The summed E-state index contributed by atoms with van der Waals surface area (Å²) < 4.78 is 5.49. The third kappa shape index (κ3) is 5.88. The normalized spacial score (nSPS) is 11.4. The quantitative estimate of drug-likeness (QED) is 0.611. The topological polar surface area (TPSA) is 50.7 Å². The lowest BCUT2D eigenvalue weighted by atomic mass is 10.1. The van der Waals surface area contributed by atoms with E-state index < -0.39 is 0 Å². The van der Waals surface area contributed by atoms with Crippen molar-refractivity contribution in [1.29, 1.82) is 0 Å². The summed E-state index contributed by atoms with van der Waals surface area (Å²) in [5.74, 6) is 0.919. The van der Waals surface area contributed by atoms with Crippen LogP contribution in [0.5, 0.6) is 5.75 Å². The Labute approximate surface area is 143 Å². The molecule has 0 aliphatic heterocycles. The zero-order chi connectivity index (χ0) is 17.4. The second kappa shape index (κ2) is 8.87. The maximum atomic E-state index is 11.8. The predicted octanol–water partition coefficient (Wildman–Crippen LogP) is 4.27. The van der Waals surface area contributed by atoms with E-state index in [0.717, 1.165) is 23.3 Å². The Morgan fingerprint density at radius 3 is 2.29 bits per heavy atom. The first-order valence-electron chi connectivity index (χ1n) is 8.15. The summed E-state index contributed by atoms with van der Waals surface area (Å²) in [6, 6.07) is 17.8. The number of nitrogens with zero attached hydrogens (tertiary/aromatic N) is 1. The largest absolute Gasteiger partial charge is 0.484 e. The molecule has 0 aliphatic carbocycles. The Hall–Kier alpha value is -2.62. The molecule has 1 amide bonds. The van der Waals surface area contributed by atoms with E-state index in [1.54, 1.807) is 0 Å². The Bertz CT molecular complexity index is 677. The van der Waals surface area contributed by atoms with E-state index in [1.165, 1.54) is 0 Å². The van der Waals surface area contributed by atoms with Crippen LogP contribution in [-0.4, -0.2) is 18.2 Å². The van der Waals surface area contributed by atoms with Gasteiger partial charge in [-0.05, 0) is 42.5 Å². The first kappa shape index (κ1) is 17.7. The van der Waals surface area contributed by atoms with E-state index in [4.69, 9.17) is 4.74 Å². The molecule has 2 rings (SSSR count). The van der Waals surface area contributed by atoms with E-state index in [0.29, 0.717) is 11.7 Å². The molecule has 24 heavy (non-hydrogen) atoms. The summed E-state index contributed by atoms with van der Waals surface area (Å²) in [5, 5.41) is 4.07. The number of hydrazone groups is 1. The third-order valence-corrected chi connectivity index (χ3v) is 3.41. The Balaban J connectivity index is 1.83. The van der Waals surface area contributed by atoms with Crippen molar-refractivity contribution in [3.8, 4) is 16.9 Å². The van der Waals surface area contributed by atoms with Crippen LogP contribution in [0.4, 0.5) is 0 Å². The summed E-state index contributed by atoms with van der Waals surface area (Å²) in [7, 11) is 0. The van der Waals surface area contributed by atoms with Gasteiger partial charge < -0.3 is 4.74 Å². The van der Waals surface area contributed by atoms with Gasteiger partial charge >= 0.3 is 0 Å². The number of nitrogens with one attached hydrogen (secondary N) is 1. The van der Waals surface area contributed by atoms with Gasteiger partial charge in [0.05, 0.1) is 0 Å². The van der Waals surface area contributed by atoms with Crippen molar-refractivity contribution in [3.63, 3.8) is 0 Å². The van der Waals surface area contributed by atoms with Crippen molar-refractivity contribution < 1.29 is 9.53 Å². The van der Waals surface area contributed by atoms with E-state index in [2.05, 4.69) is 36.5 Å². The molecular weight excluding hydrogens is 300 g/mol. The molecule has 4 nitrogen and oxygen atoms in total. The lowest BCUT2D eigenvalue weighted by Gasteiger charge is -2.08. The molecule has 2 aromatic carbocycles. The van der Waals surface area contributed by atoms with Crippen molar-refractivity contribution in [3.05, 3.63) is 54.6 Å². The van der Waals surface area contributed by atoms with Crippen molar-refractivity contribution in [1.82, 2.24) is 5.43 Å². The average molecular weight is 324 g/mol. The second-order valence-corrected chi connectivity index (χ2v) is 6.16. The van der Waals surface area contributed by atoms with Crippen molar-refractivity contribution in [2.75, 3.05) is 6.61 Å². The van der Waals surface area contributed by atoms with Gasteiger partial charge in [0.25, 0.3) is 5.91 Å². The molecule has 1 N–H and O–H groups in total. The molecule has 2 aromatic rings. The minimum atomic E-state index is -0.259. The maximum absolute atomic E-state index is 11.8. The van der Waals surface area contributed by atoms with E-state index in [1.807, 2.05) is 49.4 Å². The summed E-state index contributed by atoms with van der Waals surface area (Å²) >= 11 is 0. The van der Waals surface area contributed by atoms with Gasteiger partial charge in [0.15, 0.2) is 6.61 Å². The van der Waals surface area contributed by atoms with Crippen LogP contribution in [0.3, 0.4) is 0 Å². The molecule has 0 radical (unpaired) electrons. The minimum Gasteiger partial charge on any atom is -0.484 e. The molecule has 4 heteroatoms. The number of carbonyl (C=O) groups excluding carboxylic acids is 1. The Kier molecular flexibility index (Phi) is 6.55. The van der Waals surface area contributed by atoms with E-state index >= 15 is 0 Å². The van der Waals surface area contributed by atoms with Gasteiger partial charge in [-0.3, -0.25) is 4.79 Å². The molecule has 0 fully saturated rings. The number of benzene rings is 2. The van der Waals surface area contributed by atoms with Crippen LogP contribution in [0.25, 0.3) is 11.1 Å². The number of hydrogen-bond acceptors (Lipinski definition) is 3. The maximum Gasteiger partial charge on any atom is 0.277 e. The van der Waals surface area contributed by atoms with Crippen molar-refractivity contribution in [2.24, 2.45) is 11.0 Å². The summed E-state index contributed by atoms with van der Waals surface area (Å²) in [4.78, 5) is 11.8. The molecule has 0 aromatic heterocycles. The highest BCUT2D eigenvalue weighted by Gasteiger charge is 2.04. The number of ether oxygens (including phenoxy) is 1. The fourth-order valence-corrected chi connectivity index (χ4v) is 2.35. The first-order chi connectivity index (χ1) is 11.5. The van der Waals surface area contributed by atoms with Gasteiger partial charge in [-0.15, -0.1) is 0 Å². The second-order valence-electron chi connectivity index (χ2n) is 6.16. The van der Waals surface area contributed by atoms with Gasteiger partial charge in [-0.25, -0.2) is 5.43 Å². The van der Waals surface area contributed by atoms with Crippen LogP contribution in [0.15, 0.2) is 59.7 Å². The SMILES string of the molecule is C/C(CC(C)C)=N\NC(=O)COc1ccc(-c2ccccc2)cc1. The van der Waals surface area contributed by atoms with Gasteiger partial charge in [-0.2, -0.15) is 5.10 Å². The summed E-state index contributed by atoms with van der Waals surface area (Å²) in [6.07, 6.45) is 0.863. The molecule has 0 aliphatic rings. The third-order valence-electron chi connectivity index (χ3n) is 3.41. The summed E-state index contributed by atoms with van der Waals surface area (Å²) in [5.41, 5.74) is 5.69. The van der Waals surface area contributed by atoms with Crippen LogP contribution in [0.2, 0.25) is 0 Å². The molecule has 0 heterocycles. The van der Waals surface area contributed by atoms with E-state index in [9.17, 15) is 4.79 Å². The van der Waals surface area contributed by atoms with Crippen LogP contribution < -0.4 is 10.2 Å². The molecule has 0 bridgehead atoms. The standard InChI is InChI=1S/C20H24N2O2/c1-15(2)13-16(3)21-22-20(23)14-24-19-11-9-18(10-12-19)17-7-5-4-6-8-17/h4-12,15H,13-14H2,1-3H3,(H,22,23)/b21-16+.